The summed E-state index contributed by atoms with van der Waals surface area (Å²) in [5.74, 6) is 0.191. The molecule has 128 valence electrons. The van der Waals surface area contributed by atoms with Crippen molar-refractivity contribution in [3.8, 4) is 11.4 Å². The van der Waals surface area contributed by atoms with Crippen LogP contribution in [0.5, 0.6) is 0 Å². The highest BCUT2D eigenvalue weighted by Gasteiger charge is 2.43. The summed E-state index contributed by atoms with van der Waals surface area (Å²) in [5, 5.41) is 8.87. The number of carbonyl (C=O) groups is 1. The van der Waals surface area contributed by atoms with Crippen LogP contribution in [0.1, 0.15) is 43.2 Å². The zero-order valence-corrected chi connectivity index (χ0v) is 15.1. The fourth-order valence-electron chi connectivity index (χ4n) is 4.56. The van der Waals surface area contributed by atoms with Gasteiger partial charge in [-0.1, -0.05) is 0 Å². The molecular weight excluding hydrogens is 312 g/mol. The van der Waals surface area contributed by atoms with Crippen LogP contribution >= 0.6 is 0 Å². The zero-order valence-electron chi connectivity index (χ0n) is 15.1. The number of aromatic amines is 2. The Hall–Kier alpha value is -2.56. The van der Waals surface area contributed by atoms with Gasteiger partial charge in [0, 0.05) is 34.4 Å². The van der Waals surface area contributed by atoms with Crippen molar-refractivity contribution in [3.63, 3.8) is 0 Å². The van der Waals surface area contributed by atoms with E-state index >= 15 is 0 Å². The first kappa shape index (κ1) is 14.8. The molecule has 3 heterocycles. The van der Waals surface area contributed by atoms with Crippen molar-refractivity contribution >= 4 is 22.5 Å². The number of hydrogen-bond donors (Lipinski definition) is 2. The van der Waals surface area contributed by atoms with Crippen LogP contribution in [-0.2, 0) is 23.1 Å². The molecular formula is C20H22N4O. The van der Waals surface area contributed by atoms with E-state index in [0.29, 0.717) is 6.54 Å². The predicted molar refractivity (Wildman–Crippen MR) is 99.1 cm³/mol. The topological polar surface area (TPSA) is 64.8 Å². The lowest BCUT2D eigenvalue weighted by atomic mass is 9.85. The molecule has 0 radical (unpaired) electrons. The van der Waals surface area contributed by atoms with Crippen molar-refractivity contribution in [1.82, 2.24) is 15.2 Å². The van der Waals surface area contributed by atoms with E-state index in [9.17, 15) is 4.79 Å². The maximum Gasteiger partial charge on any atom is 0.237 e. The number of hydrogen-bond acceptors (Lipinski definition) is 2. The number of aromatic nitrogens is 3. The van der Waals surface area contributed by atoms with Gasteiger partial charge in [-0.2, -0.15) is 5.10 Å². The predicted octanol–water partition coefficient (Wildman–Crippen LogP) is 3.61. The third-order valence-corrected chi connectivity index (χ3v) is 6.02. The Morgan fingerprint density at radius 1 is 1.24 bits per heavy atom. The molecule has 0 fully saturated rings. The Morgan fingerprint density at radius 3 is 2.76 bits per heavy atom. The van der Waals surface area contributed by atoms with E-state index in [2.05, 4.69) is 34.2 Å². The molecule has 1 amide bonds. The molecule has 1 aromatic carbocycles. The second-order valence-electron chi connectivity index (χ2n) is 7.74. The highest BCUT2D eigenvalue weighted by Crippen LogP contribution is 2.46. The third kappa shape index (κ3) is 1.68. The minimum absolute atomic E-state index is 0.191. The zero-order chi connectivity index (χ0) is 17.5. The highest BCUT2D eigenvalue weighted by atomic mass is 16.2. The molecule has 25 heavy (non-hydrogen) atoms. The lowest BCUT2D eigenvalue weighted by molar-refractivity contribution is -0.122. The number of rotatable bonds is 1. The molecule has 0 saturated heterocycles. The Labute approximate surface area is 146 Å². The smallest absolute Gasteiger partial charge is 0.237 e. The molecule has 5 rings (SSSR count). The number of benzene rings is 1. The molecule has 1 aliphatic carbocycles. The minimum atomic E-state index is -0.473. The van der Waals surface area contributed by atoms with Gasteiger partial charge in [0.1, 0.15) is 5.69 Å². The molecule has 5 heteroatoms. The molecule has 0 atom stereocenters. The van der Waals surface area contributed by atoms with Crippen LogP contribution in [0.2, 0.25) is 0 Å². The van der Waals surface area contributed by atoms with Gasteiger partial charge in [-0.05, 0) is 63.8 Å². The number of amides is 1. The number of anilines is 1. The van der Waals surface area contributed by atoms with Crippen LogP contribution < -0.4 is 4.90 Å². The van der Waals surface area contributed by atoms with Crippen LogP contribution in [-0.4, -0.2) is 27.6 Å². The summed E-state index contributed by atoms with van der Waals surface area (Å²) in [4.78, 5) is 18.3. The van der Waals surface area contributed by atoms with Crippen molar-refractivity contribution in [1.29, 1.82) is 0 Å². The molecule has 2 aliphatic rings. The first-order chi connectivity index (χ1) is 11.9. The fraction of sp³-hybridized carbons (Fsp3) is 0.400. The van der Waals surface area contributed by atoms with Crippen molar-refractivity contribution in [3.05, 3.63) is 34.5 Å². The molecule has 1 aliphatic heterocycles. The summed E-state index contributed by atoms with van der Waals surface area (Å²) in [6, 6.07) is 4.39. The second kappa shape index (κ2) is 4.54. The fourth-order valence-corrected chi connectivity index (χ4v) is 4.56. The van der Waals surface area contributed by atoms with Crippen LogP contribution in [0.25, 0.3) is 22.3 Å². The Morgan fingerprint density at radius 2 is 2.00 bits per heavy atom. The van der Waals surface area contributed by atoms with E-state index < -0.39 is 5.41 Å². The van der Waals surface area contributed by atoms with Gasteiger partial charge in [0.15, 0.2) is 0 Å². The standard InChI is InChI=1S/C20H22N4O/c1-5-24-16-8-13-12-7-6-11-10(2)22-23-18(11)17(12)21-15(13)9-14(16)20(3,4)19(24)25/h8-9,21H,5-7H2,1-4H3,(H,22,23). The molecule has 0 spiro atoms. The van der Waals surface area contributed by atoms with Crippen LogP contribution in [0.15, 0.2) is 12.1 Å². The lowest BCUT2D eigenvalue weighted by Crippen LogP contribution is -2.35. The van der Waals surface area contributed by atoms with Gasteiger partial charge in [-0.25, -0.2) is 0 Å². The van der Waals surface area contributed by atoms with Gasteiger partial charge in [-0.3, -0.25) is 9.89 Å². The Bertz CT molecular complexity index is 1050. The average Bonchev–Trinajstić information content (AvgIpc) is 3.19. The van der Waals surface area contributed by atoms with Crippen LogP contribution in [0.4, 0.5) is 5.69 Å². The normalized spacial score (nSPS) is 17.8. The molecule has 0 bridgehead atoms. The quantitative estimate of drug-likeness (QED) is 0.714. The molecule has 0 saturated carbocycles. The maximum atomic E-state index is 12.8. The monoisotopic (exact) mass is 334 g/mol. The van der Waals surface area contributed by atoms with Crippen molar-refractivity contribution < 1.29 is 4.79 Å². The summed E-state index contributed by atoms with van der Waals surface area (Å²) in [6.07, 6.45) is 2.02. The number of carbonyl (C=O) groups excluding carboxylic acids is 1. The summed E-state index contributed by atoms with van der Waals surface area (Å²) < 4.78 is 0. The van der Waals surface area contributed by atoms with E-state index in [1.165, 1.54) is 16.5 Å². The Balaban J connectivity index is 1.80. The van der Waals surface area contributed by atoms with Crippen molar-refractivity contribution in [2.75, 3.05) is 11.4 Å². The van der Waals surface area contributed by atoms with E-state index in [0.717, 1.165) is 46.7 Å². The number of nitrogens with one attached hydrogen (secondary N) is 2. The molecule has 2 N–H and O–H groups in total. The number of fused-ring (bicyclic) bond motifs is 6. The van der Waals surface area contributed by atoms with Crippen molar-refractivity contribution in [2.24, 2.45) is 0 Å². The van der Waals surface area contributed by atoms with Gasteiger partial charge >= 0.3 is 0 Å². The summed E-state index contributed by atoms with van der Waals surface area (Å²) in [7, 11) is 0. The lowest BCUT2D eigenvalue weighted by Gasteiger charge is -2.18. The SMILES string of the molecule is CCN1C(=O)C(C)(C)c2cc3[nH]c4c(c3cc21)CCc1c-4n[nH]c1C. The van der Waals surface area contributed by atoms with Crippen LogP contribution in [0.3, 0.4) is 0 Å². The van der Waals surface area contributed by atoms with Gasteiger partial charge in [-0.15, -0.1) is 0 Å². The van der Waals surface area contributed by atoms with E-state index in [1.807, 2.05) is 25.7 Å². The molecule has 5 nitrogen and oxygen atoms in total. The van der Waals surface area contributed by atoms with Gasteiger partial charge in [0.25, 0.3) is 0 Å². The van der Waals surface area contributed by atoms with E-state index in [1.54, 1.807) is 0 Å². The maximum absolute atomic E-state index is 12.8. The number of H-pyrrole nitrogens is 2. The van der Waals surface area contributed by atoms with E-state index in [4.69, 9.17) is 0 Å². The average molecular weight is 334 g/mol. The van der Waals surface area contributed by atoms with Gasteiger partial charge in [0.05, 0.1) is 11.1 Å². The first-order valence-corrected chi connectivity index (χ1v) is 8.98. The summed E-state index contributed by atoms with van der Waals surface area (Å²) in [5.41, 5.74) is 8.80. The molecule has 3 aromatic rings. The first-order valence-electron chi connectivity index (χ1n) is 8.98. The number of likely N-dealkylation sites (N-methyl/N-ethyl adjacent to an activating group) is 1. The van der Waals surface area contributed by atoms with Gasteiger partial charge in [0.2, 0.25) is 5.91 Å². The van der Waals surface area contributed by atoms with Gasteiger partial charge < -0.3 is 9.88 Å². The summed E-state index contributed by atoms with van der Waals surface area (Å²) in [6.45, 7) is 8.87. The number of nitrogens with zero attached hydrogens (tertiary/aromatic N) is 2. The second-order valence-corrected chi connectivity index (χ2v) is 7.74. The van der Waals surface area contributed by atoms with Crippen LogP contribution in [0, 0.1) is 6.92 Å². The Kier molecular flexibility index (Phi) is 2.68. The highest BCUT2D eigenvalue weighted by molar-refractivity contribution is 6.10. The van der Waals surface area contributed by atoms with E-state index in [-0.39, 0.29) is 5.91 Å². The molecule has 2 aromatic heterocycles. The number of aryl methyl sites for hydroxylation is 2. The third-order valence-electron chi connectivity index (χ3n) is 6.02. The summed E-state index contributed by atoms with van der Waals surface area (Å²) >= 11 is 0. The van der Waals surface area contributed by atoms with Crippen molar-refractivity contribution in [2.45, 2.75) is 46.0 Å². The largest absolute Gasteiger partial charge is 0.353 e. The molecule has 0 unspecified atom stereocenters. The minimum Gasteiger partial charge on any atom is -0.353 e.